The summed E-state index contributed by atoms with van der Waals surface area (Å²) < 4.78 is 5.78. The first-order valence-electron chi connectivity index (χ1n) is 11.4. The highest BCUT2D eigenvalue weighted by Gasteiger charge is 2.38. The fourth-order valence-electron chi connectivity index (χ4n) is 4.20. The Labute approximate surface area is 181 Å². The lowest BCUT2D eigenvalue weighted by atomic mass is 9.76. The van der Waals surface area contributed by atoms with Crippen LogP contribution in [0, 0.1) is 0 Å². The molecule has 0 aliphatic carbocycles. The van der Waals surface area contributed by atoms with E-state index in [2.05, 4.69) is 16.7 Å². The minimum atomic E-state index is -0.790. The van der Waals surface area contributed by atoms with Gasteiger partial charge in [-0.1, -0.05) is 67.6 Å². The van der Waals surface area contributed by atoms with Crippen LogP contribution in [-0.2, 0) is 14.9 Å². The summed E-state index contributed by atoms with van der Waals surface area (Å²) in [5, 5.41) is 0. The number of carbonyl (C=O) groups excluding carboxylic acids is 1. The van der Waals surface area contributed by atoms with Crippen molar-refractivity contribution in [2.75, 3.05) is 45.9 Å². The zero-order chi connectivity index (χ0) is 21.2. The monoisotopic (exact) mass is 408 g/mol. The predicted molar refractivity (Wildman–Crippen MR) is 123 cm³/mol. The van der Waals surface area contributed by atoms with E-state index in [9.17, 15) is 4.79 Å². The Morgan fingerprint density at radius 2 is 1.37 bits per heavy atom. The zero-order valence-electron chi connectivity index (χ0n) is 18.6. The van der Waals surface area contributed by atoms with Gasteiger partial charge in [0.2, 0.25) is 0 Å². The van der Waals surface area contributed by atoms with Crippen molar-refractivity contribution in [3.8, 4) is 0 Å². The molecule has 4 heteroatoms. The number of carbonyl (C=O) groups is 1. The standard InChI is InChI=1S/C26H36N2O2/c1-3-27-18-20-28(21-19-27)17-11-6-12-22-30-25(29)26(2,23-13-7-4-8-14-23)24-15-9-5-10-16-24/h4-5,7-10,13-16H,3,6,11-12,17-22H2,1-2H3. The summed E-state index contributed by atoms with van der Waals surface area (Å²) in [6, 6.07) is 19.9. The summed E-state index contributed by atoms with van der Waals surface area (Å²) in [5.74, 6) is -0.171. The number of esters is 1. The molecule has 0 unspecified atom stereocenters. The molecule has 4 nitrogen and oxygen atoms in total. The van der Waals surface area contributed by atoms with Crippen molar-refractivity contribution in [3.63, 3.8) is 0 Å². The van der Waals surface area contributed by atoms with Crippen LogP contribution in [0.4, 0.5) is 0 Å². The SMILES string of the molecule is CCN1CCN(CCCCCOC(=O)C(C)(c2ccccc2)c2ccccc2)CC1. The van der Waals surface area contributed by atoms with Crippen LogP contribution < -0.4 is 0 Å². The maximum Gasteiger partial charge on any atom is 0.320 e. The molecule has 0 bridgehead atoms. The van der Waals surface area contributed by atoms with Gasteiger partial charge in [-0.15, -0.1) is 0 Å². The van der Waals surface area contributed by atoms with Crippen LogP contribution >= 0.6 is 0 Å². The van der Waals surface area contributed by atoms with Crippen molar-refractivity contribution in [1.29, 1.82) is 0 Å². The molecule has 0 spiro atoms. The summed E-state index contributed by atoms with van der Waals surface area (Å²) in [7, 11) is 0. The summed E-state index contributed by atoms with van der Waals surface area (Å²) in [5.41, 5.74) is 1.14. The van der Waals surface area contributed by atoms with E-state index < -0.39 is 5.41 Å². The highest BCUT2D eigenvalue weighted by molar-refractivity contribution is 5.87. The number of hydrogen-bond donors (Lipinski definition) is 0. The quantitative estimate of drug-likeness (QED) is 0.432. The van der Waals surface area contributed by atoms with E-state index >= 15 is 0 Å². The molecule has 0 atom stereocenters. The van der Waals surface area contributed by atoms with Gasteiger partial charge in [-0.05, 0) is 50.4 Å². The molecule has 0 saturated carbocycles. The average Bonchev–Trinajstić information content (AvgIpc) is 2.82. The molecule has 2 aromatic carbocycles. The molecule has 0 amide bonds. The minimum Gasteiger partial charge on any atom is -0.465 e. The number of piperazine rings is 1. The van der Waals surface area contributed by atoms with Crippen LogP contribution in [0.1, 0.15) is 44.2 Å². The Hall–Kier alpha value is -2.17. The van der Waals surface area contributed by atoms with Crippen LogP contribution in [0.5, 0.6) is 0 Å². The summed E-state index contributed by atoms with van der Waals surface area (Å²) in [6.07, 6.45) is 3.17. The highest BCUT2D eigenvalue weighted by Crippen LogP contribution is 2.33. The van der Waals surface area contributed by atoms with Crippen molar-refractivity contribution in [2.24, 2.45) is 0 Å². The van der Waals surface area contributed by atoms with Gasteiger partial charge in [0.25, 0.3) is 0 Å². The lowest BCUT2D eigenvalue weighted by Gasteiger charge is -2.34. The third-order valence-corrected chi connectivity index (χ3v) is 6.37. The number of nitrogens with zero attached hydrogens (tertiary/aromatic N) is 2. The maximum absolute atomic E-state index is 13.2. The van der Waals surface area contributed by atoms with Gasteiger partial charge in [0.15, 0.2) is 0 Å². The Morgan fingerprint density at radius 1 is 0.833 bits per heavy atom. The Balaban J connectivity index is 1.46. The summed E-state index contributed by atoms with van der Waals surface area (Å²) in [6.45, 7) is 11.7. The number of benzene rings is 2. The van der Waals surface area contributed by atoms with E-state index in [1.165, 1.54) is 26.2 Å². The smallest absolute Gasteiger partial charge is 0.320 e. The molecule has 2 aromatic rings. The Bertz CT molecular complexity index is 716. The van der Waals surface area contributed by atoms with Gasteiger partial charge in [0.1, 0.15) is 5.41 Å². The summed E-state index contributed by atoms with van der Waals surface area (Å²) in [4.78, 5) is 18.2. The van der Waals surface area contributed by atoms with Gasteiger partial charge in [0.05, 0.1) is 6.61 Å². The van der Waals surface area contributed by atoms with Crippen LogP contribution in [0.25, 0.3) is 0 Å². The molecule has 0 radical (unpaired) electrons. The number of rotatable bonds is 10. The van der Waals surface area contributed by atoms with Gasteiger partial charge in [-0.3, -0.25) is 4.79 Å². The molecule has 0 aromatic heterocycles. The van der Waals surface area contributed by atoms with Gasteiger partial charge in [0, 0.05) is 26.2 Å². The fraction of sp³-hybridized carbons (Fsp3) is 0.500. The number of likely N-dealkylation sites (N-methyl/N-ethyl adjacent to an activating group) is 1. The topological polar surface area (TPSA) is 32.8 Å². The number of hydrogen-bond acceptors (Lipinski definition) is 4. The van der Waals surface area contributed by atoms with Gasteiger partial charge >= 0.3 is 5.97 Å². The molecular formula is C26H36N2O2. The van der Waals surface area contributed by atoms with Crippen molar-refractivity contribution in [1.82, 2.24) is 9.80 Å². The first-order valence-corrected chi connectivity index (χ1v) is 11.4. The predicted octanol–water partition coefficient (Wildman–Crippen LogP) is 4.34. The lowest BCUT2D eigenvalue weighted by Crippen LogP contribution is -2.46. The van der Waals surface area contributed by atoms with E-state index in [1.807, 2.05) is 67.6 Å². The molecule has 1 aliphatic rings. The molecular weight excluding hydrogens is 372 g/mol. The van der Waals surface area contributed by atoms with Crippen LogP contribution in [0.3, 0.4) is 0 Å². The second-order valence-corrected chi connectivity index (χ2v) is 8.33. The molecule has 162 valence electrons. The Kier molecular flexibility index (Phi) is 8.47. The van der Waals surface area contributed by atoms with E-state index in [4.69, 9.17) is 4.74 Å². The van der Waals surface area contributed by atoms with Crippen LogP contribution in [-0.4, -0.2) is 61.6 Å². The lowest BCUT2D eigenvalue weighted by molar-refractivity contribution is -0.148. The van der Waals surface area contributed by atoms with Gasteiger partial charge in [-0.2, -0.15) is 0 Å². The maximum atomic E-state index is 13.2. The van der Waals surface area contributed by atoms with Crippen molar-refractivity contribution in [3.05, 3.63) is 71.8 Å². The second kappa shape index (κ2) is 11.3. The average molecular weight is 409 g/mol. The molecule has 0 N–H and O–H groups in total. The van der Waals surface area contributed by atoms with Crippen LogP contribution in [0.15, 0.2) is 60.7 Å². The third-order valence-electron chi connectivity index (χ3n) is 6.37. The normalized spacial score (nSPS) is 15.8. The molecule has 1 fully saturated rings. The van der Waals surface area contributed by atoms with E-state index in [0.29, 0.717) is 6.61 Å². The molecule has 3 rings (SSSR count). The minimum absolute atomic E-state index is 0.171. The second-order valence-electron chi connectivity index (χ2n) is 8.33. The first kappa shape index (κ1) is 22.5. The van der Waals surface area contributed by atoms with Gasteiger partial charge in [-0.25, -0.2) is 0 Å². The van der Waals surface area contributed by atoms with Crippen molar-refractivity contribution in [2.45, 2.75) is 38.5 Å². The first-order chi connectivity index (χ1) is 14.6. The number of unbranched alkanes of at least 4 members (excludes halogenated alkanes) is 2. The largest absolute Gasteiger partial charge is 0.465 e. The fourth-order valence-corrected chi connectivity index (χ4v) is 4.20. The van der Waals surface area contributed by atoms with Crippen molar-refractivity contribution < 1.29 is 9.53 Å². The zero-order valence-corrected chi connectivity index (χ0v) is 18.6. The van der Waals surface area contributed by atoms with E-state index in [-0.39, 0.29) is 5.97 Å². The van der Waals surface area contributed by atoms with Crippen molar-refractivity contribution >= 4 is 5.97 Å². The van der Waals surface area contributed by atoms with Gasteiger partial charge < -0.3 is 14.5 Å². The molecule has 1 aliphatic heterocycles. The summed E-state index contributed by atoms with van der Waals surface area (Å²) >= 11 is 0. The van der Waals surface area contributed by atoms with Crippen LogP contribution in [0.2, 0.25) is 0 Å². The third kappa shape index (κ3) is 5.71. The molecule has 1 saturated heterocycles. The molecule has 30 heavy (non-hydrogen) atoms. The van der Waals surface area contributed by atoms with E-state index in [0.717, 1.165) is 43.5 Å². The number of ether oxygens (including phenoxy) is 1. The molecule has 1 heterocycles. The Morgan fingerprint density at radius 3 is 1.90 bits per heavy atom. The van der Waals surface area contributed by atoms with E-state index in [1.54, 1.807) is 0 Å². The highest BCUT2D eigenvalue weighted by atomic mass is 16.5.